The number of rotatable bonds is 8. The number of ether oxygens (including phenoxy) is 3. The summed E-state index contributed by atoms with van der Waals surface area (Å²) in [5.41, 5.74) is 0.906. The van der Waals surface area contributed by atoms with Crippen LogP contribution in [0.2, 0.25) is 0 Å². The van der Waals surface area contributed by atoms with Gasteiger partial charge in [-0.25, -0.2) is 9.78 Å². The van der Waals surface area contributed by atoms with E-state index in [4.69, 9.17) is 14.2 Å². The number of aromatic nitrogens is 1. The molecule has 0 spiro atoms. The van der Waals surface area contributed by atoms with Gasteiger partial charge in [0.05, 0.1) is 23.9 Å². The molecule has 8 heteroatoms. The third kappa shape index (κ3) is 4.98. The van der Waals surface area contributed by atoms with Crippen LogP contribution in [0.1, 0.15) is 5.01 Å². The number of nitrogens with zero attached hydrogens (tertiary/aromatic N) is 2. The number of benzene rings is 2. The highest BCUT2D eigenvalue weighted by Crippen LogP contribution is 2.25. The molecule has 3 aromatic rings. The van der Waals surface area contributed by atoms with Gasteiger partial charge in [-0.05, 0) is 24.3 Å². The molecule has 0 aliphatic carbocycles. The van der Waals surface area contributed by atoms with Crippen LogP contribution in [0.4, 0.5) is 0 Å². The summed E-state index contributed by atoms with van der Waals surface area (Å²) in [7, 11) is 3.16. The number of likely N-dealkylation sites (N-methyl/N-ethyl adjacent to an activating group) is 1. The Balaban J connectivity index is 1.45. The second kappa shape index (κ2) is 9.18. The van der Waals surface area contributed by atoms with Crippen LogP contribution in [0.25, 0.3) is 10.2 Å². The van der Waals surface area contributed by atoms with E-state index in [0.717, 1.165) is 15.2 Å². The van der Waals surface area contributed by atoms with Crippen molar-refractivity contribution >= 4 is 33.4 Å². The van der Waals surface area contributed by atoms with Crippen LogP contribution >= 0.6 is 11.3 Å². The molecule has 0 fully saturated rings. The van der Waals surface area contributed by atoms with Gasteiger partial charge in [-0.1, -0.05) is 24.3 Å². The molecule has 0 N–H and O–H groups in total. The SMILES string of the molecule is COc1ccccc1OCC(=O)OCC(=O)N(C)Cc1nc2ccccc2s1. The molecule has 0 saturated heterocycles. The van der Waals surface area contributed by atoms with Gasteiger partial charge in [-0.3, -0.25) is 4.79 Å². The summed E-state index contributed by atoms with van der Waals surface area (Å²) in [5.74, 6) is 0.000663. The second-order valence-electron chi connectivity index (χ2n) is 5.93. The zero-order chi connectivity index (χ0) is 19.9. The van der Waals surface area contributed by atoms with E-state index in [0.29, 0.717) is 18.0 Å². The first-order chi connectivity index (χ1) is 13.6. The van der Waals surface area contributed by atoms with Gasteiger partial charge in [-0.15, -0.1) is 11.3 Å². The number of esters is 1. The smallest absolute Gasteiger partial charge is 0.344 e. The molecule has 1 amide bonds. The summed E-state index contributed by atoms with van der Waals surface area (Å²) < 4.78 is 16.6. The van der Waals surface area contributed by atoms with E-state index in [-0.39, 0.29) is 19.1 Å². The number of fused-ring (bicyclic) bond motifs is 1. The number of para-hydroxylation sites is 3. The first-order valence-electron chi connectivity index (χ1n) is 8.56. The van der Waals surface area contributed by atoms with Crippen molar-refractivity contribution in [2.75, 3.05) is 27.4 Å². The Hall–Kier alpha value is -3.13. The van der Waals surface area contributed by atoms with E-state index < -0.39 is 5.97 Å². The van der Waals surface area contributed by atoms with Crippen LogP contribution in [0.3, 0.4) is 0 Å². The molecule has 1 heterocycles. The fourth-order valence-corrected chi connectivity index (χ4v) is 3.47. The maximum Gasteiger partial charge on any atom is 0.344 e. The predicted molar refractivity (Wildman–Crippen MR) is 106 cm³/mol. The van der Waals surface area contributed by atoms with E-state index >= 15 is 0 Å². The summed E-state index contributed by atoms with van der Waals surface area (Å²) >= 11 is 1.53. The fourth-order valence-electron chi connectivity index (χ4n) is 2.45. The van der Waals surface area contributed by atoms with Gasteiger partial charge in [0.15, 0.2) is 24.7 Å². The summed E-state index contributed by atoms with van der Waals surface area (Å²) in [6.45, 7) is -0.307. The number of thiazole rings is 1. The quantitative estimate of drug-likeness (QED) is 0.541. The number of carbonyl (C=O) groups is 2. The van der Waals surface area contributed by atoms with E-state index in [1.54, 1.807) is 31.3 Å². The minimum atomic E-state index is -0.632. The lowest BCUT2D eigenvalue weighted by Crippen LogP contribution is -2.31. The highest BCUT2D eigenvalue weighted by Gasteiger charge is 2.15. The Labute approximate surface area is 166 Å². The number of carbonyl (C=O) groups excluding carboxylic acids is 2. The second-order valence-corrected chi connectivity index (χ2v) is 7.04. The molecule has 3 rings (SSSR count). The van der Waals surface area contributed by atoms with E-state index in [1.165, 1.54) is 23.3 Å². The largest absolute Gasteiger partial charge is 0.493 e. The van der Waals surface area contributed by atoms with Gasteiger partial charge in [0, 0.05) is 7.05 Å². The van der Waals surface area contributed by atoms with E-state index in [2.05, 4.69) is 4.98 Å². The van der Waals surface area contributed by atoms with Gasteiger partial charge >= 0.3 is 5.97 Å². The third-order valence-corrected chi connectivity index (χ3v) is 4.93. The monoisotopic (exact) mass is 400 g/mol. The highest BCUT2D eigenvalue weighted by atomic mass is 32.1. The molecule has 7 nitrogen and oxygen atoms in total. The van der Waals surface area contributed by atoms with Crippen molar-refractivity contribution < 1.29 is 23.8 Å². The standard InChI is InChI=1S/C20H20N2O5S/c1-22(11-18-21-14-7-3-6-10-17(14)28-18)19(23)12-27-20(24)13-26-16-9-5-4-8-15(16)25-2/h3-10H,11-13H2,1-2H3. The summed E-state index contributed by atoms with van der Waals surface area (Å²) in [6.07, 6.45) is 0. The molecule has 0 aliphatic rings. The van der Waals surface area contributed by atoms with Crippen molar-refractivity contribution in [3.63, 3.8) is 0 Å². The lowest BCUT2D eigenvalue weighted by molar-refractivity contribution is -0.153. The average Bonchev–Trinajstić information content (AvgIpc) is 3.12. The number of hydrogen-bond donors (Lipinski definition) is 0. The highest BCUT2D eigenvalue weighted by molar-refractivity contribution is 7.18. The van der Waals surface area contributed by atoms with Gasteiger partial charge in [0.1, 0.15) is 5.01 Å². The van der Waals surface area contributed by atoms with Gasteiger partial charge < -0.3 is 19.1 Å². The molecule has 0 aliphatic heterocycles. The number of methoxy groups -OCH3 is 1. The lowest BCUT2D eigenvalue weighted by atomic mass is 10.3. The molecule has 2 aromatic carbocycles. The van der Waals surface area contributed by atoms with Crippen molar-refractivity contribution in [2.45, 2.75) is 6.54 Å². The van der Waals surface area contributed by atoms with Gasteiger partial charge in [0.2, 0.25) is 0 Å². The molecule has 1 aromatic heterocycles. The van der Waals surface area contributed by atoms with Crippen molar-refractivity contribution in [1.82, 2.24) is 9.88 Å². The van der Waals surface area contributed by atoms with Crippen molar-refractivity contribution in [2.24, 2.45) is 0 Å². The minimum Gasteiger partial charge on any atom is -0.493 e. The van der Waals surface area contributed by atoms with E-state index in [1.807, 2.05) is 24.3 Å². The van der Waals surface area contributed by atoms with Crippen LogP contribution < -0.4 is 9.47 Å². The maximum atomic E-state index is 12.2. The number of hydrogen-bond acceptors (Lipinski definition) is 7. The Morgan fingerprint density at radius 1 is 1.04 bits per heavy atom. The molecular formula is C20H20N2O5S. The third-order valence-electron chi connectivity index (χ3n) is 3.91. The summed E-state index contributed by atoms with van der Waals surface area (Å²) in [4.78, 5) is 30.0. The Morgan fingerprint density at radius 2 is 1.75 bits per heavy atom. The lowest BCUT2D eigenvalue weighted by Gasteiger charge is -2.15. The van der Waals surface area contributed by atoms with Crippen molar-refractivity contribution in [3.05, 3.63) is 53.5 Å². The molecule has 0 radical (unpaired) electrons. The molecule has 0 bridgehead atoms. The average molecular weight is 400 g/mol. The molecule has 0 saturated carbocycles. The Kier molecular flexibility index (Phi) is 6.44. The first-order valence-corrected chi connectivity index (χ1v) is 9.38. The predicted octanol–water partition coefficient (Wildman–Crippen LogP) is 2.89. The molecule has 0 atom stereocenters. The molecular weight excluding hydrogens is 380 g/mol. The van der Waals surface area contributed by atoms with Gasteiger partial charge in [-0.2, -0.15) is 0 Å². The topological polar surface area (TPSA) is 78.0 Å². The van der Waals surface area contributed by atoms with Gasteiger partial charge in [0.25, 0.3) is 5.91 Å². The molecule has 146 valence electrons. The number of amides is 1. The molecule has 0 unspecified atom stereocenters. The Bertz CT molecular complexity index is 939. The van der Waals surface area contributed by atoms with Crippen LogP contribution in [-0.2, 0) is 20.9 Å². The maximum absolute atomic E-state index is 12.2. The first kappa shape index (κ1) is 19.6. The minimum absolute atomic E-state index is 0.310. The zero-order valence-electron chi connectivity index (χ0n) is 15.6. The molecule has 28 heavy (non-hydrogen) atoms. The fraction of sp³-hybridized carbons (Fsp3) is 0.250. The van der Waals surface area contributed by atoms with Crippen molar-refractivity contribution in [3.8, 4) is 11.5 Å². The van der Waals surface area contributed by atoms with E-state index in [9.17, 15) is 9.59 Å². The van der Waals surface area contributed by atoms with Crippen molar-refractivity contribution in [1.29, 1.82) is 0 Å². The summed E-state index contributed by atoms with van der Waals surface area (Å²) in [6, 6.07) is 14.8. The van der Waals surface area contributed by atoms with Crippen LogP contribution in [0.15, 0.2) is 48.5 Å². The zero-order valence-corrected chi connectivity index (χ0v) is 16.4. The van der Waals surface area contributed by atoms with Crippen LogP contribution in [-0.4, -0.2) is 49.1 Å². The Morgan fingerprint density at radius 3 is 2.50 bits per heavy atom. The van der Waals surface area contributed by atoms with Crippen LogP contribution in [0.5, 0.6) is 11.5 Å². The normalized spacial score (nSPS) is 10.5. The van der Waals surface area contributed by atoms with Crippen LogP contribution in [0, 0.1) is 0 Å². The summed E-state index contributed by atoms with van der Waals surface area (Å²) in [5, 5.41) is 0.822.